The maximum absolute atomic E-state index is 14.1. The van der Waals surface area contributed by atoms with Gasteiger partial charge in [0.2, 0.25) is 0 Å². The fourth-order valence-electron chi connectivity index (χ4n) is 4.42. The summed E-state index contributed by atoms with van der Waals surface area (Å²) in [5.74, 6) is -1.04. The monoisotopic (exact) mass is 469 g/mol. The first-order chi connectivity index (χ1) is 15.8. The van der Waals surface area contributed by atoms with E-state index >= 15 is 0 Å². The molecule has 0 bridgehead atoms. The number of rotatable bonds is 7. The Labute approximate surface area is 196 Å². The number of nitrogens with two attached hydrogens (primary N) is 1. The van der Waals surface area contributed by atoms with E-state index in [-0.39, 0.29) is 23.2 Å². The quantitative estimate of drug-likeness (QED) is 0.534. The molecule has 1 aliphatic rings. The summed E-state index contributed by atoms with van der Waals surface area (Å²) in [5.41, 5.74) is 8.14. The molecule has 1 saturated carbocycles. The number of hydrogen-bond acceptors (Lipinski definition) is 6. The average Bonchev–Trinajstić information content (AvgIpc) is 3.31. The number of hydrogen-bond donors (Lipinski definition) is 2. The predicted molar refractivity (Wildman–Crippen MR) is 128 cm³/mol. The number of amides is 1. The number of pyridine rings is 2. The smallest absolute Gasteiger partial charge is 0.273 e. The second-order valence-corrected chi connectivity index (χ2v) is 9.72. The van der Waals surface area contributed by atoms with Gasteiger partial charge < -0.3 is 15.6 Å². The number of nitrogens with zero attached hydrogens (tertiary/aromatic N) is 3. The zero-order valence-electron chi connectivity index (χ0n) is 18.8. The van der Waals surface area contributed by atoms with E-state index in [1.54, 1.807) is 10.8 Å². The van der Waals surface area contributed by atoms with E-state index in [9.17, 15) is 14.0 Å². The molecule has 1 aliphatic carbocycles. The van der Waals surface area contributed by atoms with Crippen molar-refractivity contribution in [3.05, 3.63) is 63.5 Å². The number of carbonyl (C=O) groups is 1. The Morgan fingerprint density at radius 1 is 1.24 bits per heavy atom. The number of nitrogens with one attached hydrogen (secondary N) is 1. The van der Waals surface area contributed by atoms with Gasteiger partial charge in [-0.1, -0.05) is 13.8 Å². The van der Waals surface area contributed by atoms with Gasteiger partial charge in [-0.2, -0.15) is 0 Å². The summed E-state index contributed by atoms with van der Waals surface area (Å²) < 4.78 is 20.1. The summed E-state index contributed by atoms with van der Waals surface area (Å²) in [4.78, 5) is 28.2. The Morgan fingerprint density at radius 2 is 2.00 bits per heavy atom. The first-order valence-corrected chi connectivity index (χ1v) is 12.0. The number of halogens is 1. The maximum Gasteiger partial charge on any atom is 0.273 e. The topological polar surface area (TPSA) is 103 Å². The number of carbonyl (C=O) groups excluding carboxylic acids is 1. The van der Waals surface area contributed by atoms with Gasteiger partial charge in [0.1, 0.15) is 5.69 Å². The minimum atomic E-state index is -0.865. The average molecular weight is 470 g/mol. The van der Waals surface area contributed by atoms with Gasteiger partial charge >= 0.3 is 0 Å². The van der Waals surface area contributed by atoms with Crippen LogP contribution in [0.4, 0.5) is 10.1 Å². The summed E-state index contributed by atoms with van der Waals surface area (Å²) in [7, 11) is 0. The zero-order valence-corrected chi connectivity index (χ0v) is 19.6. The molecular weight excluding hydrogens is 441 g/mol. The number of primary amides is 1. The zero-order chi connectivity index (χ0) is 23.5. The molecule has 3 aromatic rings. The highest BCUT2D eigenvalue weighted by molar-refractivity contribution is 7.03. The third kappa shape index (κ3) is 5.30. The van der Waals surface area contributed by atoms with Crippen LogP contribution in [0.15, 0.2) is 40.9 Å². The normalized spacial score (nSPS) is 18.4. The molecular formula is C24H28FN5O2S. The van der Waals surface area contributed by atoms with Crippen LogP contribution in [-0.2, 0) is 6.54 Å². The molecule has 9 heteroatoms. The molecule has 0 radical (unpaired) electrons. The summed E-state index contributed by atoms with van der Waals surface area (Å²) in [5, 5.41) is 5.45. The maximum atomic E-state index is 14.1. The summed E-state index contributed by atoms with van der Waals surface area (Å²) in [6.07, 6.45) is 8.63. The lowest BCUT2D eigenvalue weighted by molar-refractivity contribution is 0.0991. The van der Waals surface area contributed by atoms with Crippen LogP contribution in [0.5, 0.6) is 0 Å². The first-order valence-electron chi connectivity index (χ1n) is 11.2. The largest absolute Gasteiger partial charge is 0.378 e. The summed E-state index contributed by atoms with van der Waals surface area (Å²) in [6.45, 7) is 4.83. The van der Waals surface area contributed by atoms with Crippen LogP contribution in [0.2, 0.25) is 0 Å². The second kappa shape index (κ2) is 9.82. The van der Waals surface area contributed by atoms with Gasteiger partial charge in [-0.05, 0) is 66.7 Å². The fourth-order valence-corrected chi connectivity index (χ4v) is 4.97. The van der Waals surface area contributed by atoms with Gasteiger partial charge in [0.05, 0.1) is 0 Å². The van der Waals surface area contributed by atoms with Crippen molar-refractivity contribution in [2.75, 3.05) is 5.32 Å². The van der Waals surface area contributed by atoms with Crippen molar-refractivity contribution in [2.45, 2.75) is 58.0 Å². The van der Waals surface area contributed by atoms with E-state index in [1.165, 1.54) is 17.6 Å². The Hall–Kier alpha value is -3.07. The lowest BCUT2D eigenvalue weighted by Gasteiger charge is -2.30. The molecule has 174 valence electrons. The van der Waals surface area contributed by atoms with Crippen LogP contribution in [0.1, 0.15) is 61.5 Å². The Bertz CT molecular complexity index is 1180. The van der Waals surface area contributed by atoms with Crippen LogP contribution in [0, 0.1) is 11.7 Å². The molecule has 3 aromatic heterocycles. The molecule has 1 fully saturated rings. The van der Waals surface area contributed by atoms with Crippen LogP contribution in [0.3, 0.4) is 0 Å². The number of anilines is 1. The van der Waals surface area contributed by atoms with Gasteiger partial charge in [0.15, 0.2) is 11.5 Å². The van der Waals surface area contributed by atoms with Gasteiger partial charge in [-0.25, -0.2) is 13.7 Å². The second-order valence-electron chi connectivity index (χ2n) is 9.06. The van der Waals surface area contributed by atoms with Gasteiger partial charge in [0.25, 0.3) is 11.5 Å². The molecule has 0 spiro atoms. The SMILES string of the molecule is CC(C)Cn1cc(-c2cnsc2)cc(N[C@H]2CC[C@@H](c3cnc(C(N)=O)c(F)c3)CC2)c1=O. The van der Waals surface area contributed by atoms with Crippen molar-refractivity contribution >= 4 is 23.1 Å². The molecule has 3 heterocycles. The molecule has 0 atom stereocenters. The summed E-state index contributed by atoms with van der Waals surface area (Å²) >= 11 is 1.39. The predicted octanol–water partition coefficient (Wildman–Crippen LogP) is 4.40. The molecule has 0 aliphatic heterocycles. The van der Waals surface area contributed by atoms with E-state index in [2.05, 4.69) is 28.5 Å². The number of aromatic nitrogens is 3. The minimum absolute atomic E-state index is 0.0222. The van der Waals surface area contributed by atoms with Gasteiger partial charge in [-0.3, -0.25) is 9.59 Å². The van der Waals surface area contributed by atoms with Crippen molar-refractivity contribution in [3.8, 4) is 11.1 Å². The van der Waals surface area contributed by atoms with Crippen molar-refractivity contribution in [1.82, 2.24) is 13.9 Å². The lowest BCUT2D eigenvalue weighted by Crippen LogP contribution is -2.31. The standard InChI is InChI=1S/C24H28FN5O2S/c1-14(2)11-30-12-17(18-10-28-33-13-18)8-21(24(30)32)29-19-5-3-15(4-6-19)16-7-20(25)22(23(26)31)27-9-16/h7-10,12-15,19,29H,3-6,11H2,1-2H3,(H2,26,31)/t15-,19+. The van der Waals surface area contributed by atoms with Crippen LogP contribution < -0.4 is 16.6 Å². The van der Waals surface area contributed by atoms with Crippen molar-refractivity contribution in [3.63, 3.8) is 0 Å². The summed E-state index contributed by atoms with van der Waals surface area (Å²) in [6, 6.07) is 3.44. The Balaban J connectivity index is 1.49. The fraction of sp³-hybridized carbons (Fsp3) is 0.417. The molecule has 1 amide bonds. The van der Waals surface area contributed by atoms with E-state index < -0.39 is 11.7 Å². The molecule has 0 saturated heterocycles. The molecule has 0 unspecified atom stereocenters. The molecule has 33 heavy (non-hydrogen) atoms. The highest BCUT2D eigenvalue weighted by Crippen LogP contribution is 2.34. The lowest BCUT2D eigenvalue weighted by atomic mass is 9.82. The van der Waals surface area contributed by atoms with Crippen molar-refractivity contribution < 1.29 is 9.18 Å². The highest BCUT2D eigenvalue weighted by Gasteiger charge is 2.25. The van der Waals surface area contributed by atoms with E-state index in [0.29, 0.717) is 18.2 Å². The molecule has 3 N–H and O–H groups in total. The van der Waals surface area contributed by atoms with Crippen molar-refractivity contribution in [1.29, 1.82) is 0 Å². The van der Waals surface area contributed by atoms with Crippen LogP contribution in [0.25, 0.3) is 11.1 Å². The van der Waals surface area contributed by atoms with Gasteiger partial charge in [0, 0.05) is 47.7 Å². The Morgan fingerprint density at radius 3 is 2.61 bits per heavy atom. The Kier molecular flexibility index (Phi) is 6.88. The van der Waals surface area contributed by atoms with Crippen molar-refractivity contribution in [2.24, 2.45) is 11.7 Å². The van der Waals surface area contributed by atoms with Crippen LogP contribution >= 0.6 is 11.5 Å². The highest BCUT2D eigenvalue weighted by atomic mass is 32.1. The third-order valence-corrected chi connectivity index (χ3v) is 6.65. The first kappa shape index (κ1) is 23.1. The van der Waals surface area contributed by atoms with Crippen LogP contribution in [-0.4, -0.2) is 25.9 Å². The third-order valence-electron chi connectivity index (χ3n) is 6.07. The van der Waals surface area contributed by atoms with E-state index in [1.807, 2.05) is 23.8 Å². The molecule has 0 aromatic carbocycles. The van der Waals surface area contributed by atoms with Gasteiger partial charge in [-0.15, -0.1) is 0 Å². The van der Waals surface area contributed by atoms with E-state index in [0.717, 1.165) is 42.4 Å². The molecule has 7 nitrogen and oxygen atoms in total. The van der Waals surface area contributed by atoms with E-state index in [4.69, 9.17) is 5.73 Å². The molecule has 4 rings (SSSR count). The minimum Gasteiger partial charge on any atom is -0.378 e.